The molecule has 1 fully saturated rings. The molecule has 0 aromatic heterocycles. The van der Waals surface area contributed by atoms with Gasteiger partial charge in [-0.2, -0.15) is 0 Å². The van der Waals surface area contributed by atoms with Crippen molar-refractivity contribution in [1.29, 1.82) is 0 Å². The summed E-state index contributed by atoms with van der Waals surface area (Å²) in [6.07, 6.45) is 6.65. The summed E-state index contributed by atoms with van der Waals surface area (Å²) in [6, 6.07) is 4.77. The third-order valence-electron chi connectivity index (χ3n) is 3.90. The number of carbonyl (C=O) groups is 1. The van der Waals surface area contributed by atoms with Crippen LogP contribution in [0.4, 0.5) is 0 Å². The number of benzene rings is 1. The second-order valence-corrected chi connectivity index (χ2v) is 8.11. The Kier molecular flexibility index (Phi) is 5.27. The summed E-state index contributed by atoms with van der Waals surface area (Å²) in [5.74, 6) is -0.233. The van der Waals surface area contributed by atoms with Crippen LogP contribution < -0.4 is 5.32 Å². The molecule has 1 aromatic rings. The molecular formula is C15H20ClNO3S. The van der Waals surface area contributed by atoms with Crippen molar-refractivity contribution < 1.29 is 13.2 Å². The van der Waals surface area contributed by atoms with E-state index < -0.39 is 9.05 Å². The Morgan fingerprint density at radius 2 is 1.81 bits per heavy atom. The molecule has 0 aliphatic heterocycles. The van der Waals surface area contributed by atoms with Crippen LogP contribution in [0.5, 0.6) is 0 Å². The summed E-state index contributed by atoms with van der Waals surface area (Å²) >= 11 is 0. The molecule has 0 radical (unpaired) electrons. The van der Waals surface area contributed by atoms with Crippen molar-refractivity contribution in [3.05, 3.63) is 29.3 Å². The lowest BCUT2D eigenvalue weighted by Gasteiger charge is -2.16. The van der Waals surface area contributed by atoms with Crippen molar-refractivity contribution in [2.24, 2.45) is 0 Å². The van der Waals surface area contributed by atoms with Gasteiger partial charge in [-0.25, -0.2) is 8.42 Å². The summed E-state index contributed by atoms with van der Waals surface area (Å²) in [4.78, 5) is 12.3. The van der Waals surface area contributed by atoms with E-state index in [1.165, 1.54) is 18.9 Å². The van der Waals surface area contributed by atoms with Crippen LogP contribution in [-0.2, 0) is 9.05 Å². The van der Waals surface area contributed by atoms with Crippen molar-refractivity contribution in [2.45, 2.75) is 56.4 Å². The molecule has 1 saturated carbocycles. The Labute approximate surface area is 130 Å². The summed E-state index contributed by atoms with van der Waals surface area (Å²) < 4.78 is 23.0. The van der Waals surface area contributed by atoms with Gasteiger partial charge in [0.1, 0.15) is 0 Å². The first-order valence-electron chi connectivity index (χ1n) is 7.24. The van der Waals surface area contributed by atoms with Gasteiger partial charge in [0.2, 0.25) is 0 Å². The SMILES string of the molecule is Cc1ccc(C(=O)NC2CCCCCC2)cc1S(=O)(=O)Cl. The van der Waals surface area contributed by atoms with Gasteiger partial charge in [-0.3, -0.25) is 4.79 Å². The fraction of sp³-hybridized carbons (Fsp3) is 0.533. The number of hydrogen-bond donors (Lipinski definition) is 1. The van der Waals surface area contributed by atoms with E-state index in [0.29, 0.717) is 11.1 Å². The van der Waals surface area contributed by atoms with Crippen LogP contribution in [0, 0.1) is 6.92 Å². The standard InChI is InChI=1S/C15H20ClNO3S/c1-11-8-9-12(10-14(11)21(16,19)20)15(18)17-13-6-4-2-3-5-7-13/h8-10,13H,2-7H2,1H3,(H,17,18). The number of rotatable bonds is 3. The Morgan fingerprint density at radius 3 is 2.38 bits per heavy atom. The molecule has 1 amide bonds. The van der Waals surface area contributed by atoms with Gasteiger partial charge in [0, 0.05) is 22.3 Å². The van der Waals surface area contributed by atoms with Crippen molar-refractivity contribution in [3.8, 4) is 0 Å². The summed E-state index contributed by atoms with van der Waals surface area (Å²) in [5, 5.41) is 3.00. The highest BCUT2D eigenvalue weighted by molar-refractivity contribution is 8.13. The molecule has 4 nitrogen and oxygen atoms in total. The molecule has 0 atom stereocenters. The average Bonchev–Trinajstić information content (AvgIpc) is 2.66. The van der Waals surface area contributed by atoms with Crippen molar-refractivity contribution in [1.82, 2.24) is 5.32 Å². The molecule has 0 saturated heterocycles. The number of nitrogens with one attached hydrogen (secondary N) is 1. The first-order chi connectivity index (χ1) is 9.88. The van der Waals surface area contributed by atoms with Crippen molar-refractivity contribution >= 4 is 25.6 Å². The van der Waals surface area contributed by atoms with E-state index in [9.17, 15) is 13.2 Å². The first kappa shape index (κ1) is 16.3. The molecule has 6 heteroatoms. The molecule has 1 N–H and O–H groups in total. The minimum Gasteiger partial charge on any atom is -0.349 e. The predicted octanol–water partition coefficient (Wildman–Crippen LogP) is 3.38. The van der Waals surface area contributed by atoms with Crippen molar-refractivity contribution in [3.63, 3.8) is 0 Å². The van der Waals surface area contributed by atoms with Crippen LogP contribution in [0.25, 0.3) is 0 Å². The van der Waals surface area contributed by atoms with Gasteiger partial charge in [-0.05, 0) is 37.5 Å². The maximum atomic E-state index is 12.3. The smallest absolute Gasteiger partial charge is 0.261 e. The Hall–Kier alpha value is -1.07. The molecule has 1 aliphatic carbocycles. The summed E-state index contributed by atoms with van der Waals surface area (Å²) in [7, 11) is 1.56. The van der Waals surface area contributed by atoms with Gasteiger partial charge < -0.3 is 5.32 Å². The minimum absolute atomic E-state index is 0.00215. The summed E-state index contributed by atoms with van der Waals surface area (Å²) in [6.45, 7) is 1.66. The van der Waals surface area contributed by atoms with Gasteiger partial charge >= 0.3 is 0 Å². The maximum Gasteiger partial charge on any atom is 0.261 e. The number of halogens is 1. The molecule has 0 unspecified atom stereocenters. The van der Waals surface area contributed by atoms with E-state index in [0.717, 1.165) is 25.7 Å². The van der Waals surface area contributed by atoms with Crippen LogP contribution in [0.2, 0.25) is 0 Å². The maximum absolute atomic E-state index is 12.3. The van der Waals surface area contributed by atoms with Gasteiger partial charge in [0.05, 0.1) is 4.90 Å². The highest BCUT2D eigenvalue weighted by Gasteiger charge is 2.19. The number of hydrogen-bond acceptors (Lipinski definition) is 3. The monoisotopic (exact) mass is 329 g/mol. The third kappa shape index (κ3) is 4.45. The topological polar surface area (TPSA) is 63.2 Å². The highest BCUT2D eigenvalue weighted by Crippen LogP contribution is 2.22. The second kappa shape index (κ2) is 6.79. The lowest BCUT2D eigenvalue weighted by Crippen LogP contribution is -2.34. The molecule has 0 heterocycles. The van der Waals surface area contributed by atoms with Gasteiger partial charge in [0.15, 0.2) is 0 Å². The Bertz CT molecular complexity index is 620. The fourth-order valence-electron chi connectivity index (χ4n) is 2.70. The minimum atomic E-state index is -3.84. The number of aryl methyl sites for hydroxylation is 1. The zero-order chi connectivity index (χ0) is 15.5. The summed E-state index contributed by atoms with van der Waals surface area (Å²) in [5.41, 5.74) is 0.875. The van der Waals surface area contributed by atoms with Crippen LogP contribution >= 0.6 is 10.7 Å². The van der Waals surface area contributed by atoms with E-state index in [1.54, 1.807) is 19.1 Å². The molecule has 2 rings (SSSR count). The van der Waals surface area contributed by atoms with Gasteiger partial charge in [-0.15, -0.1) is 0 Å². The van der Waals surface area contributed by atoms with Crippen LogP contribution in [-0.4, -0.2) is 20.4 Å². The van der Waals surface area contributed by atoms with E-state index >= 15 is 0 Å². The second-order valence-electron chi connectivity index (χ2n) is 5.58. The Morgan fingerprint density at radius 1 is 1.19 bits per heavy atom. The van der Waals surface area contributed by atoms with Crippen LogP contribution in [0.15, 0.2) is 23.1 Å². The van der Waals surface area contributed by atoms with Crippen LogP contribution in [0.1, 0.15) is 54.4 Å². The quantitative estimate of drug-likeness (QED) is 0.683. The molecule has 116 valence electrons. The van der Waals surface area contributed by atoms with E-state index in [1.807, 2.05) is 0 Å². The zero-order valence-electron chi connectivity index (χ0n) is 12.1. The lowest BCUT2D eigenvalue weighted by molar-refractivity contribution is 0.0933. The predicted molar refractivity (Wildman–Crippen MR) is 83.2 cm³/mol. The normalized spacial score (nSPS) is 17.2. The lowest BCUT2D eigenvalue weighted by atomic mass is 10.1. The van der Waals surface area contributed by atoms with Crippen molar-refractivity contribution in [2.75, 3.05) is 0 Å². The van der Waals surface area contributed by atoms with E-state index in [2.05, 4.69) is 5.32 Å². The largest absolute Gasteiger partial charge is 0.349 e. The molecule has 1 aromatic carbocycles. The first-order valence-corrected chi connectivity index (χ1v) is 9.55. The average molecular weight is 330 g/mol. The highest BCUT2D eigenvalue weighted by atomic mass is 35.7. The third-order valence-corrected chi connectivity index (χ3v) is 5.37. The van der Waals surface area contributed by atoms with Crippen LogP contribution in [0.3, 0.4) is 0 Å². The van der Waals surface area contributed by atoms with Gasteiger partial charge in [0.25, 0.3) is 15.0 Å². The zero-order valence-corrected chi connectivity index (χ0v) is 13.6. The number of amides is 1. The van der Waals surface area contributed by atoms with E-state index in [4.69, 9.17) is 10.7 Å². The van der Waals surface area contributed by atoms with Gasteiger partial charge in [-0.1, -0.05) is 31.7 Å². The molecule has 1 aliphatic rings. The Balaban J connectivity index is 2.16. The molecule has 21 heavy (non-hydrogen) atoms. The number of carbonyl (C=O) groups excluding carboxylic acids is 1. The van der Waals surface area contributed by atoms with E-state index in [-0.39, 0.29) is 16.8 Å². The molecular weight excluding hydrogens is 310 g/mol. The molecule has 0 spiro atoms. The molecule has 0 bridgehead atoms. The fourth-order valence-corrected chi connectivity index (χ4v) is 3.92.